The zero-order chi connectivity index (χ0) is 12.2. The van der Waals surface area contributed by atoms with E-state index in [1.54, 1.807) is 4.90 Å². The molecule has 18 heavy (non-hydrogen) atoms. The minimum atomic E-state index is 0.0414. The van der Waals surface area contributed by atoms with Crippen LogP contribution in [0.25, 0.3) is 0 Å². The molecule has 100 valence electrons. The van der Waals surface area contributed by atoms with Crippen molar-refractivity contribution in [1.82, 2.24) is 10.2 Å². The van der Waals surface area contributed by atoms with Crippen LogP contribution in [0.15, 0.2) is 0 Å². The van der Waals surface area contributed by atoms with Gasteiger partial charge in [-0.05, 0) is 56.3 Å². The third-order valence-electron chi connectivity index (χ3n) is 5.45. The topological polar surface area (TPSA) is 41.6 Å². The van der Waals surface area contributed by atoms with Crippen LogP contribution in [0, 0.1) is 17.8 Å². The van der Waals surface area contributed by atoms with Gasteiger partial charge in [0.05, 0.1) is 5.60 Å². The molecule has 0 radical (unpaired) electrons. The fourth-order valence-electron chi connectivity index (χ4n) is 5.06. The maximum Gasteiger partial charge on any atom is 0.319 e. The average molecular weight is 250 g/mol. The highest BCUT2D eigenvalue weighted by Crippen LogP contribution is 2.57. The number of hydrogen-bond acceptors (Lipinski definition) is 2. The Balaban J connectivity index is 1.43. The maximum absolute atomic E-state index is 11.5. The lowest BCUT2D eigenvalue weighted by Gasteiger charge is -2.56. The van der Waals surface area contributed by atoms with Crippen LogP contribution in [-0.4, -0.2) is 36.4 Å². The highest BCUT2D eigenvalue weighted by atomic mass is 16.5. The molecule has 0 spiro atoms. The van der Waals surface area contributed by atoms with E-state index in [1.807, 2.05) is 0 Å². The van der Waals surface area contributed by atoms with Crippen molar-refractivity contribution in [2.75, 3.05) is 19.8 Å². The van der Waals surface area contributed by atoms with Crippen LogP contribution < -0.4 is 5.32 Å². The van der Waals surface area contributed by atoms with Crippen molar-refractivity contribution in [3.63, 3.8) is 0 Å². The molecule has 4 nitrogen and oxygen atoms in total. The van der Waals surface area contributed by atoms with Gasteiger partial charge in [0.1, 0.15) is 6.73 Å². The number of carbonyl (C=O) groups is 1. The molecular formula is C14H22N2O2. The Morgan fingerprint density at radius 3 is 2.28 bits per heavy atom. The largest absolute Gasteiger partial charge is 0.354 e. The molecule has 0 unspecified atom stereocenters. The Labute approximate surface area is 108 Å². The molecule has 1 heterocycles. The summed E-state index contributed by atoms with van der Waals surface area (Å²) in [4.78, 5) is 13.3. The minimum Gasteiger partial charge on any atom is -0.354 e. The molecule has 4 saturated carbocycles. The van der Waals surface area contributed by atoms with Gasteiger partial charge in [0.15, 0.2) is 0 Å². The van der Waals surface area contributed by atoms with Gasteiger partial charge in [-0.3, -0.25) is 4.90 Å². The second-order valence-corrected chi connectivity index (χ2v) is 6.87. The van der Waals surface area contributed by atoms with E-state index < -0.39 is 0 Å². The predicted octanol–water partition coefficient (Wildman–Crippen LogP) is 1.95. The second-order valence-electron chi connectivity index (χ2n) is 6.87. The molecule has 4 aliphatic carbocycles. The molecule has 4 bridgehead atoms. The molecule has 0 atom stereocenters. The summed E-state index contributed by atoms with van der Waals surface area (Å²) >= 11 is 0. The van der Waals surface area contributed by atoms with E-state index in [0.29, 0.717) is 6.73 Å². The third kappa shape index (κ3) is 1.73. The number of carbonyl (C=O) groups excluding carboxylic acids is 1. The molecular weight excluding hydrogens is 228 g/mol. The van der Waals surface area contributed by atoms with Gasteiger partial charge < -0.3 is 10.1 Å². The lowest BCUT2D eigenvalue weighted by Crippen LogP contribution is -2.53. The monoisotopic (exact) mass is 250 g/mol. The molecule has 5 rings (SSSR count). The summed E-state index contributed by atoms with van der Waals surface area (Å²) in [5.41, 5.74) is 0.123. The van der Waals surface area contributed by atoms with Crippen LogP contribution in [0.1, 0.15) is 38.5 Å². The van der Waals surface area contributed by atoms with E-state index in [9.17, 15) is 4.79 Å². The summed E-state index contributed by atoms with van der Waals surface area (Å²) in [6.45, 7) is 2.06. The van der Waals surface area contributed by atoms with Crippen molar-refractivity contribution in [2.45, 2.75) is 44.1 Å². The van der Waals surface area contributed by atoms with Crippen molar-refractivity contribution in [3.8, 4) is 0 Å². The van der Waals surface area contributed by atoms with Gasteiger partial charge in [-0.2, -0.15) is 0 Å². The number of ether oxygens (including phenoxy) is 1. The fourth-order valence-corrected chi connectivity index (χ4v) is 5.06. The van der Waals surface area contributed by atoms with Gasteiger partial charge in [-0.1, -0.05) is 0 Å². The van der Waals surface area contributed by atoms with E-state index in [1.165, 1.54) is 38.5 Å². The number of rotatable bonds is 3. The van der Waals surface area contributed by atoms with Crippen LogP contribution in [0.4, 0.5) is 4.79 Å². The Morgan fingerprint density at radius 1 is 1.17 bits per heavy atom. The van der Waals surface area contributed by atoms with Crippen LogP contribution in [0.2, 0.25) is 0 Å². The molecule has 0 aromatic heterocycles. The predicted molar refractivity (Wildman–Crippen MR) is 67.0 cm³/mol. The Hall–Kier alpha value is -0.770. The van der Waals surface area contributed by atoms with Crippen molar-refractivity contribution >= 4 is 6.03 Å². The first-order valence-electron chi connectivity index (χ1n) is 7.39. The van der Waals surface area contributed by atoms with Crippen LogP contribution >= 0.6 is 0 Å². The molecule has 1 aliphatic heterocycles. The fraction of sp³-hybridized carbons (Fsp3) is 0.929. The van der Waals surface area contributed by atoms with Crippen molar-refractivity contribution in [3.05, 3.63) is 0 Å². The Morgan fingerprint density at radius 2 is 1.78 bits per heavy atom. The van der Waals surface area contributed by atoms with Gasteiger partial charge >= 0.3 is 6.03 Å². The van der Waals surface area contributed by atoms with E-state index >= 15 is 0 Å². The third-order valence-corrected chi connectivity index (χ3v) is 5.45. The minimum absolute atomic E-state index is 0.0414. The van der Waals surface area contributed by atoms with E-state index in [4.69, 9.17) is 4.74 Å². The summed E-state index contributed by atoms with van der Waals surface area (Å²) < 4.78 is 6.26. The molecule has 0 aromatic rings. The van der Waals surface area contributed by atoms with Gasteiger partial charge in [0, 0.05) is 13.1 Å². The summed E-state index contributed by atoms with van der Waals surface area (Å²) in [5, 5.41) is 2.84. The standard InChI is InChI=1S/C14H22N2O2/c17-13-15-1-2-16(13)9-18-14-6-10-3-11(7-14)5-12(4-10)8-14/h10-12H,1-9H2,(H,15,17). The first-order valence-corrected chi connectivity index (χ1v) is 7.39. The number of hydrogen-bond donors (Lipinski definition) is 1. The molecule has 5 fully saturated rings. The van der Waals surface area contributed by atoms with Gasteiger partial charge in [0.25, 0.3) is 0 Å². The SMILES string of the molecule is O=C1NCCN1COC12CC3CC(CC(C3)C1)C2. The van der Waals surface area contributed by atoms with Crippen molar-refractivity contribution in [2.24, 2.45) is 17.8 Å². The Bertz CT molecular complexity index is 334. The zero-order valence-electron chi connectivity index (χ0n) is 10.9. The maximum atomic E-state index is 11.5. The molecule has 4 heteroatoms. The molecule has 1 N–H and O–H groups in total. The first kappa shape index (κ1) is 11.1. The van der Waals surface area contributed by atoms with Gasteiger partial charge in [-0.25, -0.2) is 4.79 Å². The highest BCUT2D eigenvalue weighted by molar-refractivity contribution is 5.75. The molecule has 0 aromatic carbocycles. The van der Waals surface area contributed by atoms with Crippen molar-refractivity contribution in [1.29, 1.82) is 0 Å². The average Bonchev–Trinajstić information content (AvgIpc) is 2.70. The lowest BCUT2D eigenvalue weighted by atomic mass is 9.54. The first-order chi connectivity index (χ1) is 8.72. The highest BCUT2D eigenvalue weighted by Gasteiger charge is 2.51. The van der Waals surface area contributed by atoms with E-state index in [-0.39, 0.29) is 11.6 Å². The summed E-state index contributed by atoms with van der Waals surface area (Å²) in [7, 11) is 0. The van der Waals surface area contributed by atoms with Crippen LogP contribution in [-0.2, 0) is 4.74 Å². The van der Waals surface area contributed by atoms with Crippen LogP contribution in [0.5, 0.6) is 0 Å². The quantitative estimate of drug-likeness (QED) is 0.832. The lowest BCUT2D eigenvalue weighted by molar-refractivity contribution is -0.177. The number of amides is 2. The smallest absolute Gasteiger partial charge is 0.319 e. The van der Waals surface area contributed by atoms with E-state index in [2.05, 4.69) is 5.32 Å². The number of urea groups is 1. The summed E-state index contributed by atoms with van der Waals surface area (Å²) in [5.74, 6) is 2.72. The number of nitrogens with zero attached hydrogens (tertiary/aromatic N) is 1. The molecule has 2 amide bonds. The molecule has 5 aliphatic rings. The zero-order valence-corrected chi connectivity index (χ0v) is 10.9. The van der Waals surface area contributed by atoms with Gasteiger partial charge in [0.2, 0.25) is 0 Å². The normalized spacial score (nSPS) is 45.7. The van der Waals surface area contributed by atoms with Crippen LogP contribution in [0.3, 0.4) is 0 Å². The second kappa shape index (κ2) is 3.86. The summed E-state index contributed by atoms with van der Waals surface area (Å²) in [6, 6.07) is 0.0414. The van der Waals surface area contributed by atoms with Gasteiger partial charge in [-0.15, -0.1) is 0 Å². The number of nitrogens with one attached hydrogen (secondary N) is 1. The summed E-state index contributed by atoms with van der Waals surface area (Å²) in [6.07, 6.45) is 8.05. The van der Waals surface area contributed by atoms with Crippen molar-refractivity contribution < 1.29 is 9.53 Å². The van der Waals surface area contributed by atoms with E-state index in [0.717, 1.165) is 30.8 Å². The Kier molecular flexibility index (Phi) is 2.38. The molecule has 1 saturated heterocycles.